The zero-order valence-electron chi connectivity index (χ0n) is 9.17. The fraction of sp³-hybridized carbons (Fsp3) is 0.750. The Kier molecular flexibility index (Phi) is 8.54. The molecular weight excluding hydrogens is 176 g/mol. The Morgan fingerprint density at radius 1 is 1.36 bits per heavy atom. The first kappa shape index (κ1) is 13.4. The Morgan fingerprint density at radius 2 is 2.00 bits per heavy atom. The van der Waals surface area contributed by atoms with Crippen molar-refractivity contribution in [2.45, 2.75) is 58.0 Å². The van der Waals surface area contributed by atoms with E-state index in [9.17, 15) is 4.79 Å². The van der Waals surface area contributed by atoms with Gasteiger partial charge in [0.25, 0.3) is 0 Å². The molecule has 2 heteroatoms. The summed E-state index contributed by atoms with van der Waals surface area (Å²) in [7, 11) is 0. The fourth-order valence-electron chi connectivity index (χ4n) is 1.32. The molecule has 0 rings (SSSR count). The summed E-state index contributed by atoms with van der Waals surface area (Å²) < 4.78 is 0. The van der Waals surface area contributed by atoms with Gasteiger partial charge in [-0.15, -0.1) is 6.58 Å². The number of carbonyl (C=O) groups is 1. The van der Waals surface area contributed by atoms with E-state index in [0.717, 1.165) is 38.5 Å². The van der Waals surface area contributed by atoms with Gasteiger partial charge in [0.2, 0.25) is 0 Å². The molecule has 1 N–H and O–H groups in total. The Morgan fingerprint density at radius 3 is 2.57 bits per heavy atom. The normalized spacial score (nSPS) is 12.4. The van der Waals surface area contributed by atoms with E-state index in [4.69, 9.17) is 5.11 Å². The van der Waals surface area contributed by atoms with Gasteiger partial charge >= 0.3 is 0 Å². The van der Waals surface area contributed by atoms with Crippen molar-refractivity contribution < 1.29 is 9.90 Å². The minimum absolute atomic E-state index is 0.354. The van der Waals surface area contributed by atoms with Crippen molar-refractivity contribution >= 4 is 5.78 Å². The lowest BCUT2D eigenvalue weighted by Crippen LogP contribution is -2.00. The molecule has 0 amide bonds. The molecule has 0 fully saturated rings. The number of rotatable bonds is 9. The molecule has 2 nitrogen and oxygen atoms in total. The summed E-state index contributed by atoms with van der Waals surface area (Å²) in [6.07, 6.45) is 7.61. The van der Waals surface area contributed by atoms with Gasteiger partial charge in [-0.2, -0.15) is 0 Å². The maximum atomic E-state index is 10.9. The zero-order chi connectivity index (χ0) is 10.8. The van der Waals surface area contributed by atoms with Crippen LogP contribution in [0.25, 0.3) is 0 Å². The van der Waals surface area contributed by atoms with Crippen molar-refractivity contribution in [1.29, 1.82) is 0 Å². The standard InChI is InChI=1S/C12H22O2/c1-3-11(13)9-7-5-6-8-10-12(14)4-2/h3,11,13H,1,4-10H2,2H3. The van der Waals surface area contributed by atoms with Gasteiger partial charge in [-0.25, -0.2) is 0 Å². The summed E-state index contributed by atoms with van der Waals surface area (Å²) >= 11 is 0. The van der Waals surface area contributed by atoms with E-state index in [1.165, 1.54) is 0 Å². The smallest absolute Gasteiger partial charge is 0.132 e. The molecule has 14 heavy (non-hydrogen) atoms. The molecule has 0 radical (unpaired) electrons. The third-order valence-corrected chi connectivity index (χ3v) is 2.37. The van der Waals surface area contributed by atoms with Crippen molar-refractivity contribution in [3.8, 4) is 0 Å². The molecule has 0 heterocycles. The van der Waals surface area contributed by atoms with Crippen molar-refractivity contribution in [3.05, 3.63) is 12.7 Å². The quantitative estimate of drug-likeness (QED) is 0.457. The summed E-state index contributed by atoms with van der Waals surface area (Å²) in [6, 6.07) is 0. The minimum atomic E-state index is -0.354. The number of aliphatic hydroxyl groups excluding tert-OH is 1. The van der Waals surface area contributed by atoms with Crippen LogP contribution in [0.2, 0.25) is 0 Å². The van der Waals surface area contributed by atoms with Gasteiger partial charge in [-0.3, -0.25) is 4.79 Å². The minimum Gasteiger partial charge on any atom is -0.389 e. The summed E-state index contributed by atoms with van der Waals surface area (Å²) in [6.45, 7) is 5.42. The van der Waals surface area contributed by atoms with Crippen LogP contribution in [-0.4, -0.2) is 17.0 Å². The molecule has 0 aromatic heterocycles. The maximum Gasteiger partial charge on any atom is 0.132 e. The Labute approximate surface area is 87.0 Å². The van der Waals surface area contributed by atoms with Gasteiger partial charge in [0.05, 0.1) is 6.10 Å². The van der Waals surface area contributed by atoms with Gasteiger partial charge in [-0.1, -0.05) is 32.3 Å². The highest BCUT2D eigenvalue weighted by Gasteiger charge is 1.99. The second kappa shape index (κ2) is 8.95. The topological polar surface area (TPSA) is 37.3 Å². The third-order valence-electron chi connectivity index (χ3n) is 2.37. The highest BCUT2D eigenvalue weighted by atomic mass is 16.3. The number of unbranched alkanes of at least 4 members (excludes halogenated alkanes) is 3. The highest BCUT2D eigenvalue weighted by Crippen LogP contribution is 2.08. The summed E-state index contributed by atoms with van der Waals surface area (Å²) in [4.78, 5) is 10.9. The van der Waals surface area contributed by atoms with Crippen LogP contribution >= 0.6 is 0 Å². The van der Waals surface area contributed by atoms with Crippen LogP contribution in [0.1, 0.15) is 51.9 Å². The molecule has 0 saturated carbocycles. The number of Topliss-reactive ketones (excluding diaryl/α,β-unsaturated/α-hetero) is 1. The molecule has 0 bridgehead atoms. The van der Waals surface area contributed by atoms with Gasteiger partial charge < -0.3 is 5.11 Å². The van der Waals surface area contributed by atoms with Gasteiger partial charge in [0.15, 0.2) is 0 Å². The Hall–Kier alpha value is -0.630. The second-order valence-electron chi connectivity index (χ2n) is 3.65. The van der Waals surface area contributed by atoms with E-state index in [2.05, 4.69) is 6.58 Å². The predicted octanol–water partition coefficient (Wildman–Crippen LogP) is 2.85. The van der Waals surface area contributed by atoms with Crippen LogP contribution in [-0.2, 0) is 4.79 Å². The molecule has 82 valence electrons. The first-order valence-corrected chi connectivity index (χ1v) is 5.53. The lowest BCUT2D eigenvalue weighted by molar-refractivity contribution is -0.118. The van der Waals surface area contributed by atoms with Crippen LogP contribution < -0.4 is 0 Å². The van der Waals surface area contributed by atoms with Crippen LogP contribution in [0.5, 0.6) is 0 Å². The summed E-state index contributed by atoms with van der Waals surface area (Å²) in [5.41, 5.74) is 0. The summed E-state index contributed by atoms with van der Waals surface area (Å²) in [5.74, 6) is 0.358. The Balaban J connectivity index is 3.14. The van der Waals surface area contributed by atoms with E-state index >= 15 is 0 Å². The molecule has 0 aromatic rings. The summed E-state index contributed by atoms with van der Waals surface area (Å²) in [5, 5.41) is 9.17. The number of hydrogen-bond donors (Lipinski definition) is 1. The molecule has 1 atom stereocenters. The predicted molar refractivity (Wildman–Crippen MR) is 59.2 cm³/mol. The van der Waals surface area contributed by atoms with Crippen LogP contribution in [0.3, 0.4) is 0 Å². The molecular formula is C12H22O2. The van der Waals surface area contributed by atoms with E-state index in [1.807, 2.05) is 6.92 Å². The largest absolute Gasteiger partial charge is 0.389 e. The lowest BCUT2D eigenvalue weighted by Gasteiger charge is -2.04. The van der Waals surface area contributed by atoms with E-state index in [1.54, 1.807) is 6.08 Å². The van der Waals surface area contributed by atoms with Gasteiger partial charge in [-0.05, 0) is 12.8 Å². The average Bonchev–Trinajstić information content (AvgIpc) is 2.22. The second-order valence-corrected chi connectivity index (χ2v) is 3.65. The van der Waals surface area contributed by atoms with Crippen LogP contribution in [0.4, 0.5) is 0 Å². The molecule has 0 saturated heterocycles. The maximum absolute atomic E-state index is 10.9. The molecule has 0 aromatic carbocycles. The molecule has 0 aliphatic rings. The number of hydrogen-bond acceptors (Lipinski definition) is 2. The third kappa shape index (κ3) is 7.99. The van der Waals surface area contributed by atoms with E-state index in [0.29, 0.717) is 12.2 Å². The SMILES string of the molecule is C=CC(O)CCCCCCC(=O)CC. The van der Waals surface area contributed by atoms with Crippen LogP contribution in [0, 0.1) is 0 Å². The monoisotopic (exact) mass is 198 g/mol. The first-order chi connectivity index (χ1) is 6.70. The van der Waals surface area contributed by atoms with Crippen molar-refractivity contribution in [3.63, 3.8) is 0 Å². The molecule has 0 aliphatic carbocycles. The molecule has 0 aliphatic heterocycles. The van der Waals surface area contributed by atoms with Gasteiger partial charge in [0, 0.05) is 12.8 Å². The van der Waals surface area contributed by atoms with E-state index < -0.39 is 0 Å². The number of aliphatic hydroxyl groups is 1. The lowest BCUT2D eigenvalue weighted by atomic mass is 10.1. The number of ketones is 1. The Bertz CT molecular complexity index is 164. The first-order valence-electron chi connectivity index (χ1n) is 5.53. The average molecular weight is 198 g/mol. The zero-order valence-corrected chi connectivity index (χ0v) is 9.17. The fourth-order valence-corrected chi connectivity index (χ4v) is 1.32. The van der Waals surface area contributed by atoms with E-state index in [-0.39, 0.29) is 6.10 Å². The van der Waals surface area contributed by atoms with Crippen molar-refractivity contribution in [1.82, 2.24) is 0 Å². The van der Waals surface area contributed by atoms with Gasteiger partial charge in [0.1, 0.15) is 5.78 Å². The van der Waals surface area contributed by atoms with Crippen LogP contribution in [0.15, 0.2) is 12.7 Å². The number of carbonyl (C=O) groups excluding carboxylic acids is 1. The van der Waals surface area contributed by atoms with Crippen molar-refractivity contribution in [2.24, 2.45) is 0 Å². The molecule has 1 unspecified atom stereocenters. The van der Waals surface area contributed by atoms with Crippen molar-refractivity contribution in [2.75, 3.05) is 0 Å². The highest BCUT2D eigenvalue weighted by molar-refractivity contribution is 5.77. The molecule has 0 spiro atoms.